The Labute approximate surface area is 138 Å². The summed E-state index contributed by atoms with van der Waals surface area (Å²) in [6, 6.07) is 7.40. The van der Waals surface area contributed by atoms with Crippen molar-refractivity contribution < 1.29 is 4.79 Å². The summed E-state index contributed by atoms with van der Waals surface area (Å²) in [5.74, 6) is -0.0820. The van der Waals surface area contributed by atoms with Gasteiger partial charge >= 0.3 is 0 Å². The highest BCUT2D eigenvalue weighted by molar-refractivity contribution is 8.18. The monoisotopic (exact) mass is 322 g/mol. The Hall–Kier alpha value is -2.73. The standard InChI is InChI=1S/C17H14N4OS/c1-2-9-21-16(22)15(10-13-5-3-7-18-11-13)23-17(21)20-14-6-4-8-19-12-14/h2-8,10-12H,1,9H2/b15-10-,20-17?. The maximum atomic E-state index is 12.6. The number of rotatable bonds is 4. The van der Waals surface area contributed by atoms with Crippen molar-refractivity contribution in [1.82, 2.24) is 14.9 Å². The van der Waals surface area contributed by atoms with Gasteiger partial charge in [-0.1, -0.05) is 12.1 Å². The molecule has 1 aliphatic heterocycles. The van der Waals surface area contributed by atoms with E-state index in [0.29, 0.717) is 22.3 Å². The van der Waals surface area contributed by atoms with Gasteiger partial charge in [0.1, 0.15) is 0 Å². The lowest BCUT2D eigenvalue weighted by Crippen LogP contribution is -2.29. The van der Waals surface area contributed by atoms with Crippen molar-refractivity contribution in [3.63, 3.8) is 0 Å². The predicted octanol–water partition coefficient (Wildman–Crippen LogP) is 3.27. The van der Waals surface area contributed by atoms with Crippen molar-refractivity contribution >= 4 is 34.6 Å². The summed E-state index contributed by atoms with van der Waals surface area (Å²) in [6.45, 7) is 4.12. The van der Waals surface area contributed by atoms with Crippen LogP contribution in [0.2, 0.25) is 0 Å². The number of pyridine rings is 2. The molecule has 1 amide bonds. The summed E-state index contributed by atoms with van der Waals surface area (Å²) >= 11 is 1.34. The van der Waals surface area contributed by atoms with Crippen LogP contribution in [0, 0.1) is 0 Å². The number of hydrogen-bond acceptors (Lipinski definition) is 5. The summed E-state index contributed by atoms with van der Waals surface area (Å²) in [5.41, 5.74) is 1.59. The maximum absolute atomic E-state index is 12.6. The highest BCUT2D eigenvalue weighted by Crippen LogP contribution is 2.33. The first kappa shape index (κ1) is 15.2. The van der Waals surface area contributed by atoms with Gasteiger partial charge in [-0.2, -0.15) is 0 Å². The number of aliphatic imine (C=N–C) groups is 1. The van der Waals surface area contributed by atoms with Crippen molar-refractivity contribution in [1.29, 1.82) is 0 Å². The van der Waals surface area contributed by atoms with Crippen LogP contribution >= 0.6 is 11.8 Å². The number of carbonyl (C=O) groups is 1. The SMILES string of the molecule is C=CCN1C(=O)/C(=C/c2cccnc2)SC1=Nc1cccnc1. The van der Waals surface area contributed by atoms with Gasteiger partial charge in [0, 0.05) is 25.1 Å². The molecule has 3 heterocycles. The number of amides is 1. The van der Waals surface area contributed by atoms with E-state index in [-0.39, 0.29) is 5.91 Å². The van der Waals surface area contributed by atoms with Crippen molar-refractivity contribution in [3.05, 3.63) is 72.2 Å². The van der Waals surface area contributed by atoms with E-state index in [1.807, 2.05) is 30.3 Å². The first-order chi connectivity index (χ1) is 11.3. The lowest BCUT2D eigenvalue weighted by atomic mass is 10.2. The number of hydrogen-bond donors (Lipinski definition) is 0. The van der Waals surface area contributed by atoms with Crippen LogP contribution in [0.25, 0.3) is 6.08 Å². The molecular formula is C17H14N4OS. The Morgan fingerprint density at radius 3 is 2.65 bits per heavy atom. The first-order valence-corrected chi connectivity index (χ1v) is 7.80. The fraction of sp³-hybridized carbons (Fsp3) is 0.0588. The van der Waals surface area contributed by atoms with Gasteiger partial charge in [0.2, 0.25) is 0 Å². The summed E-state index contributed by atoms with van der Waals surface area (Å²) in [5, 5.41) is 0.623. The van der Waals surface area contributed by atoms with E-state index in [2.05, 4.69) is 21.5 Å². The largest absolute Gasteiger partial charge is 0.283 e. The zero-order chi connectivity index (χ0) is 16.1. The molecule has 0 saturated carbocycles. The van der Waals surface area contributed by atoms with Gasteiger partial charge in [0.05, 0.1) is 16.8 Å². The molecule has 0 unspecified atom stereocenters. The van der Waals surface area contributed by atoms with Crippen molar-refractivity contribution in [2.75, 3.05) is 6.54 Å². The summed E-state index contributed by atoms with van der Waals surface area (Å²) in [6.07, 6.45) is 10.3. The highest BCUT2D eigenvalue weighted by atomic mass is 32.2. The predicted molar refractivity (Wildman–Crippen MR) is 93.0 cm³/mol. The average molecular weight is 322 g/mol. The van der Waals surface area contributed by atoms with Gasteiger partial charge < -0.3 is 0 Å². The van der Waals surface area contributed by atoms with Gasteiger partial charge in [-0.3, -0.25) is 19.7 Å². The molecule has 5 nitrogen and oxygen atoms in total. The van der Waals surface area contributed by atoms with E-state index in [0.717, 1.165) is 5.56 Å². The van der Waals surface area contributed by atoms with E-state index in [1.54, 1.807) is 35.8 Å². The van der Waals surface area contributed by atoms with Crippen LogP contribution in [0.1, 0.15) is 5.56 Å². The molecule has 0 bridgehead atoms. The van der Waals surface area contributed by atoms with Gasteiger partial charge in [0.15, 0.2) is 5.17 Å². The topological polar surface area (TPSA) is 58.5 Å². The molecule has 0 aromatic carbocycles. The molecule has 23 heavy (non-hydrogen) atoms. The van der Waals surface area contributed by atoms with E-state index >= 15 is 0 Å². The maximum Gasteiger partial charge on any atom is 0.267 e. The molecule has 2 aromatic heterocycles. The Morgan fingerprint density at radius 2 is 2.00 bits per heavy atom. The van der Waals surface area contributed by atoms with Gasteiger partial charge in [-0.25, -0.2) is 4.99 Å². The van der Waals surface area contributed by atoms with Crippen LogP contribution in [0.3, 0.4) is 0 Å². The van der Waals surface area contributed by atoms with E-state index < -0.39 is 0 Å². The second-order valence-electron chi connectivity index (χ2n) is 4.71. The number of carbonyl (C=O) groups excluding carboxylic acids is 1. The molecule has 114 valence electrons. The number of aromatic nitrogens is 2. The molecule has 1 fully saturated rings. The fourth-order valence-electron chi connectivity index (χ4n) is 2.02. The third-order valence-corrected chi connectivity index (χ3v) is 4.06. The van der Waals surface area contributed by atoms with Crippen LogP contribution in [0.15, 0.2) is 71.6 Å². The van der Waals surface area contributed by atoms with E-state index in [9.17, 15) is 4.79 Å². The molecular weight excluding hydrogens is 308 g/mol. The quantitative estimate of drug-likeness (QED) is 0.640. The zero-order valence-corrected chi connectivity index (χ0v) is 13.1. The Kier molecular flexibility index (Phi) is 4.63. The fourth-order valence-corrected chi connectivity index (χ4v) is 3.03. The zero-order valence-electron chi connectivity index (χ0n) is 12.3. The average Bonchev–Trinajstić information content (AvgIpc) is 2.86. The minimum absolute atomic E-state index is 0.0820. The minimum atomic E-state index is -0.0820. The molecule has 0 spiro atoms. The molecule has 1 aliphatic rings. The van der Waals surface area contributed by atoms with Crippen LogP contribution in [-0.2, 0) is 4.79 Å². The van der Waals surface area contributed by atoms with Crippen LogP contribution in [-0.4, -0.2) is 32.5 Å². The van der Waals surface area contributed by atoms with Crippen molar-refractivity contribution in [2.24, 2.45) is 4.99 Å². The van der Waals surface area contributed by atoms with Crippen LogP contribution < -0.4 is 0 Å². The van der Waals surface area contributed by atoms with Crippen LogP contribution in [0.5, 0.6) is 0 Å². The second kappa shape index (κ2) is 7.02. The Balaban J connectivity index is 1.94. The second-order valence-corrected chi connectivity index (χ2v) is 5.72. The molecule has 0 atom stereocenters. The van der Waals surface area contributed by atoms with Gasteiger partial charge in [-0.15, -0.1) is 6.58 Å². The lowest BCUT2D eigenvalue weighted by molar-refractivity contribution is -0.121. The first-order valence-electron chi connectivity index (χ1n) is 6.99. The summed E-state index contributed by atoms with van der Waals surface area (Å²) in [4.78, 5) is 27.4. The smallest absolute Gasteiger partial charge is 0.267 e. The normalized spacial score (nSPS) is 17.9. The Bertz CT molecular complexity index is 772. The lowest BCUT2D eigenvalue weighted by Gasteiger charge is -2.12. The van der Waals surface area contributed by atoms with Crippen molar-refractivity contribution in [3.8, 4) is 0 Å². The highest BCUT2D eigenvalue weighted by Gasteiger charge is 2.32. The third kappa shape index (κ3) is 3.54. The van der Waals surface area contributed by atoms with Gasteiger partial charge in [0.25, 0.3) is 5.91 Å². The third-order valence-electron chi connectivity index (χ3n) is 3.05. The molecule has 0 aliphatic carbocycles. The number of thioether (sulfide) groups is 1. The Morgan fingerprint density at radius 1 is 1.22 bits per heavy atom. The summed E-state index contributed by atoms with van der Waals surface area (Å²) in [7, 11) is 0. The van der Waals surface area contributed by atoms with Crippen molar-refractivity contribution in [2.45, 2.75) is 0 Å². The molecule has 0 radical (unpaired) electrons. The number of nitrogens with zero attached hydrogens (tertiary/aromatic N) is 4. The molecule has 6 heteroatoms. The number of amidine groups is 1. The van der Waals surface area contributed by atoms with E-state index in [1.165, 1.54) is 11.8 Å². The molecule has 0 N–H and O–H groups in total. The minimum Gasteiger partial charge on any atom is -0.283 e. The summed E-state index contributed by atoms with van der Waals surface area (Å²) < 4.78 is 0. The van der Waals surface area contributed by atoms with E-state index in [4.69, 9.17) is 0 Å². The van der Waals surface area contributed by atoms with Crippen LogP contribution in [0.4, 0.5) is 5.69 Å². The molecule has 3 rings (SSSR count). The molecule has 1 saturated heterocycles. The van der Waals surface area contributed by atoms with Gasteiger partial charge in [-0.05, 0) is 41.6 Å². The molecule has 2 aromatic rings.